The number of hydrogen-bond acceptors (Lipinski definition) is 0. The van der Waals surface area contributed by atoms with Gasteiger partial charge in [0.1, 0.15) is 0 Å². The van der Waals surface area contributed by atoms with E-state index >= 15 is 0 Å². The summed E-state index contributed by atoms with van der Waals surface area (Å²) in [5.41, 5.74) is 0. The summed E-state index contributed by atoms with van der Waals surface area (Å²) in [5, 5.41) is 0. The van der Waals surface area contributed by atoms with Gasteiger partial charge < -0.3 is 0 Å². The molecule has 1 atom stereocenters. The smallest absolute Gasteiger partial charge is 0 e. The van der Waals surface area contributed by atoms with Crippen LogP contribution in [0.4, 0.5) is 0 Å². The molecule has 0 aromatic carbocycles. The van der Waals surface area contributed by atoms with Crippen molar-refractivity contribution in [1.29, 1.82) is 0 Å². The van der Waals surface area contributed by atoms with Gasteiger partial charge in [0.2, 0.25) is 0 Å². The summed E-state index contributed by atoms with van der Waals surface area (Å²) in [6.07, 6.45) is 0. The third kappa shape index (κ3) is 8.84. The summed E-state index contributed by atoms with van der Waals surface area (Å²) in [6, 6.07) is 0. The summed E-state index contributed by atoms with van der Waals surface area (Å²) < 4.78 is 0. The summed E-state index contributed by atoms with van der Waals surface area (Å²) in [4.78, 5) is 0. The zero-order valence-electron chi connectivity index (χ0n) is 2.62. The quantitative estimate of drug-likeness (QED) is 0.305. The maximum absolute atomic E-state index is 0. The van der Waals surface area contributed by atoms with E-state index in [4.69, 9.17) is 0 Å². The first-order valence-electron chi connectivity index (χ1n) is 0. The molecule has 20 valence electrons. The Balaban J connectivity index is 0. The van der Waals surface area contributed by atoms with E-state index in [1.54, 1.807) is 0 Å². The van der Waals surface area contributed by atoms with E-state index in [1.165, 1.54) is 0 Å². The second-order valence-electron chi connectivity index (χ2n) is 0. The van der Waals surface area contributed by atoms with E-state index in [0.717, 1.165) is 0 Å². The Labute approximate surface area is 82.7 Å². The van der Waals surface area contributed by atoms with Gasteiger partial charge in [-0.05, 0) is 0 Å². The maximum atomic E-state index is 0. The van der Waals surface area contributed by atoms with Crippen LogP contribution in [0.1, 0.15) is 0 Å². The molecular weight excluding hydrogens is 127 g/mol. The van der Waals surface area contributed by atoms with Crippen molar-refractivity contribution in [2.75, 3.05) is 0 Å². The third-order valence-corrected chi connectivity index (χ3v) is 0. The van der Waals surface area contributed by atoms with Crippen LogP contribution in [0, 0.1) is 0 Å². The fourth-order valence-corrected chi connectivity index (χ4v) is 0. The van der Waals surface area contributed by atoms with E-state index in [0.29, 0.717) is 0 Å². The second kappa shape index (κ2) is 17.0. The number of hydrogen-bond donors (Lipinski definition) is 0. The normalized spacial score (nSPS) is 0. The summed E-state index contributed by atoms with van der Waals surface area (Å²) in [6.45, 7) is 0. The zero-order valence-corrected chi connectivity index (χ0v) is 8.66. The molecule has 0 aliphatic heterocycles. The molecule has 0 amide bonds. The molecule has 0 saturated heterocycles. The molecule has 4 heteroatoms. The predicted molar refractivity (Wildman–Crippen MR) is 33.0 cm³/mol. The second-order valence-corrected chi connectivity index (χ2v) is 0. The van der Waals surface area contributed by atoms with E-state index in [9.17, 15) is 0 Å². The molecule has 0 N–H and O–H groups in total. The van der Waals surface area contributed by atoms with Crippen molar-refractivity contribution in [3.05, 3.63) is 0 Å². The summed E-state index contributed by atoms with van der Waals surface area (Å²) >= 11 is 0. The van der Waals surface area contributed by atoms with Gasteiger partial charge in [0.05, 0.1) is 0 Å². The largest absolute Gasteiger partial charge is 0.197 e. The van der Waals surface area contributed by atoms with Crippen molar-refractivity contribution in [2.45, 2.75) is 0 Å². The van der Waals surface area contributed by atoms with Crippen molar-refractivity contribution in [3.8, 4) is 0 Å². The molecule has 0 aromatic heterocycles. The Morgan fingerprint density at radius 3 is 1.00 bits per heavy atom. The monoisotopic (exact) mass is 132 g/mol. The molecule has 1 unspecified atom stereocenters. The third-order valence-electron chi connectivity index (χ3n) is 0. The topological polar surface area (TPSA) is 0 Å². The molecule has 0 nitrogen and oxygen atoms in total. The molecule has 0 rings (SSSR count). The molecule has 4 heavy (non-hydrogen) atoms. The molecule has 0 aromatic rings. The van der Waals surface area contributed by atoms with Gasteiger partial charge in [-0.1, -0.05) is 0 Å². The molecule has 0 heterocycles. The van der Waals surface area contributed by atoms with E-state index in [-0.39, 0.29) is 84.2 Å². The molecule has 0 fully saturated rings. The standard InChI is InChI=1S/Ca.Mg.H3P.H2S/h;;1H3;1H2. The molecule has 0 spiro atoms. The molecule has 0 saturated carbocycles. The van der Waals surface area contributed by atoms with Crippen LogP contribution in [0.3, 0.4) is 0 Å². The van der Waals surface area contributed by atoms with Crippen molar-refractivity contribution in [3.63, 3.8) is 0 Å². The van der Waals surface area contributed by atoms with Gasteiger partial charge in [0.15, 0.2) is 0 Å². The van der Waals surface area contributed by atoms with Crippen molar-refractivity contribution >= 4 is 84.2 Å². The van der Waals surface area contributed by atoms with Gasteiger partial charge >= 0.3 is 0 Å². The van der Waals surface area contributed by atoms with Gasteiger partial charge in [-0.2, -0.15) is 23.4 Å². The molecule has 4 radical (unpaired) electrons. The van der Waals surface area contributed by atoms with Crippen molar-refractivity contribution < 1.29 is 0 Å². The molecule has 0 aliphatic carbocycles. The fourth-order valence-electron chi connectivity index (χ4n) is 0. The first-order chi connectivity index (χ1) is 0. The molecule has 0 bridgehead atoms. The average Bonchev–Trinajstić information content (AvgIpc) is 0. The van der Waals surface area contributed by atoms with E-state index < -0.39 is 0 Å². The van der Waals surface area contributed by atoms with Crippen LogP contribution in [0.25, 0.3) is 0 Å². The Hall–Kier alpha value is 2.81. The van der Waals surface area contributed by atoms with Crippen LogP contribution >= 0.6 is 23.4 Å². The number of rotatable bonds is 0. The first-order valence-corrected chi connectivity index (χ1v) is 0. The van der Waals surface area contributed by atoms with Crippen LogP contribution in [-0.2, 0) is 0 Å². The minimum atomic E-state index is 0. The average molecular weight is 132 g/mol. The van der Waals surface area contributed by atoms with Gasteiger partial charge in [0, 0.05) is 60.8 Å². The van der Waals surface area contributed by atoms with Crippen LogP contribution in [0.2, 0.25) is 0 Å². The Morgan fingerprint density at radius 2 is 1.00 bits per heavy atom. The van der Waals surface area contributed by atoms with Gasteiger partial charge in [-0.25, -0.2) is 0 Å². The van der Waals surface area contributed by atoms with Crippen LogP contribution in [0.15, 0.2) is 0 Å². The van der Waals surface area contributed by atoms with Crippen LogP contribution in [-0.4, -0.2) is 60.8 Å². The van der Waals surface area contributed by atoms with Gasteiger partial charge in [-0.3, -0.25) is 0 Å². The molecular formula is H5CaMgPS. The Morgan fingerprint density at radius 1 is 1.00 bits per heavy atom. The minimum absolute atomic E-state index is 0. The Bertz CT molecular complexity index is 8.00. The maximum Gasteiger partial charge on any atom is 0 e. The van der Waals surface area contributed by atoms with Crippen LogP contribution in [0.5, 0.6) is 0 Å². The first kappa shape index (κ1) is 29.1. The van der Waals surface area contributed by atoms with Crippen LogP contribution < -0.4 is 0 Å². The van der Waals surface area contributed by atoms with E-state index in [2.05, 4.69) is 0 Å². The SMILES string of the molecule is P.S.[Ca].[Mg]. The Kier molecular flexibility index (Phi) is 124. The summed E-state index contributed by atoms with van der Waals surface area (Å²) in [7, 11) is 0. The van der Waals surface area contributed by atoms with Crippen molar-refractivity contribution in [1.82, 2.24) is 0 Å². The predicted octanol–water partition coefficient (Wildman–Crippen LogP) is -0.591. The summed E-state index contributed by atoms with van der Waals surface area (Å²) in [5.74, 6) is 0. The minimum Gasteiger partial charge on any atom is -0.197 e. The van der Waals surface area contributed by atoms with Crippen molar-refractivity contribution in [2.24, 2.45) is 0 Å². The van der Waals surface area contributed by atoms with Gasteiger partial charge in [0.25, 0.3) is 0 Å². The fraction of sp³-hybridized carbons (Fsp3) is 0. The zero-order chi connectivity index (χ0) is 0. The van der Waals surface area contributed by atoms with E-state index in [1.807, 2.05) is 0 Å². The molecule has 0 aliphatic rings. The van der Waals surface area contributed by atoms with Gasteiger partial charge in [-0.15, -0.1) is 0 Å².